The van der Waals surface area contributed by atoms with E-state index in [0.717, 1.165) is 0 Å². The van der Waals surface area contributed by atoms with E-state index in [1.165, 1.54) is 25.4 Å². The summed E-state index contributed by atoms with van der Waals surface area (Å²) in [4.78, 5) is 10.2. The average Bonchev–Trinajstić information content (AvgIpc) is 1.66. The van der Waals surface area contributed by atoms with E-state index >= 15 is 0 Å². The van der Waals surface area contributed by atoms with Gasteiger partial charge in [-0.1, -0.05) is 6.58 Å². The Bertz CT molecular complexity index is 116. The van der Waals surface area contributed by atoms with Crippen molar-refractivity contribution in [3.8, 4) is 0 Å². The molecule has 0 saturated carbocycles. The highest BCUT2D eigenvalue weighted by molar-refractivity contribution is 5.87. The minimum atomic E-state index is 0.0272. The van der Waals surface area contributed by atoms with Crippen LogP contribution in [0.2, 0.25) is 0 Å². The van der Waals surface area contributed by atoms with Gasteiger partial charge in [-0.15, -0.1) is 0 Å². The lowest BCUT2D eigenvalue weighted by molar-refractivity contribution is -0.112. The van der Waals surface area contributed by atoms with Crippen LogP contribution in [0.4, 0.5) is 0 Å². The molecular formula is C6H9NO. The lowest BCUT2D eigenvalue weighted by Crippen LogP contribution is -1.91. The maximum Gasteiger partial charge on any atom is 0.154 e. The highest BCUT2D eigenvalue weighted by Gasteiger charge is 1.75. The fourth-order valence-corrected chi connectivity index (χ4v) is 0.234. The summed E-state index contributed by atoms with van der Waals surface area (Å²) in [5, 5.41) is 2.64. The third-order valence-corrected chi connectivity index (χ3v) is 0.532. The second-order valence-electron chi connectivity index (χ2n) is 1.31. The number of rotatable bonds is 3. The zero-order valence-electron chi connectivity index (χ0n) is 4.85. The largest absolute Gasteiger partial charge is 0.368 e. The molecule has 0 fully saturated rings. The van der Waals surface area contributed by atoms with Crippen molar-refractivity contribution in [1.29, 1.82) is 0 Å². The van der Waals surface area contributed by atoms with Crippen LogP contribution in [0.25, 0.3) is 0 Å². The van der Waals surface area contributed by atoms with Gasteiger partial charge in [-0.2, -0.15) is 0 Å². The first-order valence-corrected chi connectivity index (χ1v) is 2.31. The number of allylic oxidation sites excluding steroid dienone is 1. The number of carbonyl (C=O) groups is 1. The molecule has 0 aliphatic carbocycles. The Morgan fingerprint density at radius 1 is 1.75 bits per heavy atom. The molecule has 0 rings (SSSR count). The molecule has 0 atom stereocenters. The molecule has 2 nitrogen and oxygen atoms in total. The number of hydrogen-bond acceptors (Lipinski definition) is 2. The van der Waals surface area contributed by atoms with Crippen molar-refractivity contribution in [2.45, 2.75) is 6.92 Å². The molecule has 0 aliphatic heterocycles. The third kappa shape index (κ3) is 4.95. The molecule has 1 N–H and O–H groups in total. The van der Waals surface area contributed by atoms with Gasteiger partial charge in [0.15, 0.2) is 5.78 Å². The van der Waals surface area contributed by atoms with Crippen LogP contribution in [0.1, 0.15) is 6.92 Å². The van der Waals surface area contributed by atoms with E-state index < -0.39 is 0 Å². The molecule has 0 aliphatic rings. The van der Waals surface area contributed by atoms with Crippen LogP contribution in [-0.4, -0.2) is 5.78 Å². The molecule has 0 spiro atoms. The molecule has 0 radical (unpaired) electrons. The molecule has 44 valence electrons. The standard InChI is InChI=1S/C6H9NO/c1-3-7-5-4-6(2)8/h3-5,7H,1H2,2H3/b5-4-. The Morgan fingerprint density at radius 2 is 2.38 bits per heavy atom. The lowest BCUT2D eigenvalue weighted by Gasteiger charge is -1.82. The highest BCUT2D eigenvalue weighted by atomic mass is 16.1. The average molecular weight is 111 g/mol. The molecular weight excluding hydrogens is 102 g/mol. The van der Waals surface area contributed by atoms with Crippen LogP contribution >= 0.6 is 0 Å². The first-order valence-electron chi connectivity index (χ1n) is 2.31. The molecule has 0 aromatic carbocycles. The molecule has 0 saturated heterocycles. The van der Waals surface area contributed by atoms with Crippen molar-refractivity contribution in [2.75, 3.05) is 0 Å². The Labute approximate surface area is 48.9 Å². The second kappa shape index (κ2) is 4.12. The summed E-state index contributed by atoms with van der Waals surface area (Å²) in [6.45, 7) is 4.87. The summed E-state index contributed by atoms with van der Waals surface area (Å²) in [6, 6.07) is 0. The number of carbonyl (C=O) groups excluding carboxylic acids is 1. The van der Waals surface area contributed by atoms with E-state index in [-0.39, 0.29) is 5.78 Å². The van der Waals surface area contributed by atoms with Gasteiger partial charge in [-0.05, 0) is 19.2 Å². The summed E-state index contributed by atoms with van der Waals surface area (Å²) in [7, 11) is 0. The van der Waals surface area contributed by atoms with Gasteiger partial charge in [0, 0.05) is 6.20 Å². The van der Waals surface area contributed by atoms with Crippen LogP contribution in [0.3, 0.4) is 0 Å². The van der Waals surface area contributed by atoms with E-state index in [9.17, 15) is 4.79 Å². The molecule has 0 bridgehead atoms. The van der Waals surface area contributed by atoms with Gasteiger partial charge in [0.05, 0.1) is 0 Å². The van der Waals surface area contributed by atoms with Gasteiger partial charge in [-0.25, -0.2) is 0 Å². The fraction of sp³-hybridized carbons (Fsp3) is 0.167. The SMILES string of the molecule is C=CN/C=C\C(C)=O. The first-order chi connectivity index (χ1) is 3.77. The lowest BCUT2D eigenvalue weighted by atomic mass is 10.4. The molecule has 0 aromatic heterocycles. The number of ketones is 1. The highest BCUT2D eigenvalue weighted by Crippen LogP contribution is 1.69. The van der Waals surface area contributed by atoms with Crippen LogP contribution < -0.4 is 5.32 Å². The number of hydrogen-bond donors (Lipinski definition) is 1. The van der Waals surface area contributed by atoms with E-state index in [0.29, 0.717) is 0 Å². The zero-order chi connectivity index (χ0) is 6.41. The Hall–Kier alpha value is -1.05. The van der Waals surface area contributed by atoms with Crippen LogP contribution in [0, 0.1) is 0 Å². The normalized spacial score (nSPS) is 9.12. The molecule has 0 unspecified atom stereocenters. The first kappa shape index (κ1) is 6.95. The Balaban J connectivity index is 3.34. The Kier molecular flexibility index (Phi) is 3.58. The number of nitrogens with one attached hydrogen (secondary N) is 1. The monoisotopic (exact) mass is 111 g/mol. The van der Waals surface area contributed by atoms with Crippen LogP contribution in [0.15, 0.2) is 25.1 Å². The summed E-state index contributed by atoms with van der Waals surface area (Å²) >= 11 is 0. The molecule has 0 amide bonds. The summed E-state index contributed by atoms with van der Waals surface area (Å²) in [5.41, 5.74) is 0. The minimum Gasteiger partial charge on any atom is -0.368 e. The van der Waals surface area contributed by atoms with Crippen molar-refractivity contribution in [1.82, 2.24) is 5.32 Å². The zero-order valence-corrected chi connectivity index (χ0v) is 4.85. The molecule has 0 aromatic rings. The quantitative estimate of drug-likeness (QED) is 0.546. The van der Waals surface area contributed by atoms with E-state index in [2.05, 4.69) is 11.9 Å². The van der Waals surface area contributed by atoms with E-state index in [4.69, 9.17) is 0 Å². The maximum absolute atomic E-state index is 10.2. The molecule has 8 heavy (non-hydrogen) atoms. The summed E-state index contributed by atoms with van der Waals surface area (Å²) in [5.74, 6) is 0.0272. The van der Waals surface area contributed by atoms with Gasteiger partial charge in [0.1, 0.15) is 0 Å². The maximum atomic E-state index is 10.2. The fourth-order valence-electron chi connectivity index (χ4n) is 0.234. The van der Waals surface area contributed by atoms with E-state index in [1.807, 2.05) is 0 Å². The van der Waals surface area contributed by atoms with Gasteiger partial charge in [-0.3, -0.25) is 4.79 Å². The summed E-state index contributed by atoms with van der Waals surface area (Å²) in [6.07, 6.45) is 4.47. The second-order valence-corrected chi connectivity index (χ2v) is 1.31. The topological polar surface area (TPSA) is 29.1 Å². The summed E-state index contributed by atoms with van der Waals surface area (Å²) < 4.78 is 0. The predicted molar refractivity (Wildman–Crippen MR) is 33.2 cm³/mol. The van der Waals surface area contributed by atoms with Gasteiger partial charge < -0.3 is 5.32 Å². The predicted octanol–water partition coefficient (Wildman–Crippen LogP) is 0.822. The Morgan fingerprint density at radius 3 is 2.75 bits per heavy atom. The van der Waals surface area contributed by atoms with Crippen LogP contribution in [0.5, 0.6) is 0 Å². The van der Waals surface area contributed by atoms with Crippen molar-refractivity contribution in [3.05, 3.63) is 25.1 Å². The molecule has 0 heterocycles. The van der Waals surface area contributed by atoms with E-state index in [1.54, 1.807) is 0 Å². The van der Waals surface area contributed by atoms with Gasteiger partial charge in [0.2, 0.25) is 0 Å². The van der Waals surface area contributed by atoms with Crippen molar-refractivity contribution >= 4 is 5.78 Å². The van der Waals surface area contributed by atoms with Crippen molar-refractivity contribution in [3.63, 3.8) is 0 Å². The van der Waals surface area contributed by atoms with Crippen LogP contribution in [-0.2, 0) is 4.79 Å². The minimum absolute atomic E-state index is 0.0272. The van der Waals surface area contributed by atoms with Crippen molar-refractivity contribution in [2.24, 2.45) is 0 Å². The molecule has 2 heteroatoms. The van der Waals surface area contributed by atoms with Crippen molar-refractivity contribution < 1.29 is 4.79 Å². The van der Waals surface area contributed by atoms with Gasteiger partial charge in [0.25, 0.3) is 0 Å². The smallest absolute Gasteiger partial charge is 0.154 e. The third-order valence-electron chi connectivity index (χ3n) is 0.532. The van der Waals surface area contributed by atoms with Gasteiger partial charge >= 0.3 is 0 Å².